The molecular formula is C28H41N5O3. The van der Waals surface area contributed by atoms with Crippen molar-refractivity contribution in [3.8, 4) is 11.6 Å². The molecule has 1 aromatic carbocycles. The Morgan fingerprint density at radius 2 is 1.83 bits per heavy atom. The molecule has 36 heavy (non-hydrogen) atoms. The highest BCUT2D eigenvalue weighted by Crippen LogP contribution is 2.24. The summed E-state index contributed by atoms with van der Waals surface area (Å²) in [6.45, 7) is 12.7. The minimum absolute atomic E-state index is 0.302. The molecule has 0 bridgehead atoms. The fourth-order valence-corrected chi connectivity index (χ4v) is 3.07. The second kappa shape index (κ2) is 17.7. The van der Waals surface area contributed by atoms with Gasteiger partial charge in [-0.2, -0.15) is 0 Å². The molecule has 0 radical (unpaired) electrons. The third-order valence-electron chi connectivity index (χ3n) is 4.68. The molecule has 3 aromatic rings. The summed E-state index contributed by atoms with van der Waals surface area (Å²) in [5.41, 5.74) is 1.79. The van der Waals surface area contributed by atoms with Crippen molar-refractivity contribution in [2.75, 3.05) is 32.9 Å². The second-order valence-electron chi connectivity index (χ2n) is 6.82. The van der Waals surface area contributed by atoms with Crippen LogP contribution in [-0.4, -0.2) is 47.1 Å². The molecule has 0 spiro atoms. The first-order valence-electron chi connectivity index (χ1n) is 12.3. The van der Waals surface area contributed by atoms with Crippen molar-refractivity contribution >= 4 is 16.9 Å². The van der Waals surface area contributed by atoms with Gasteiger partial charge in [0.2, 0.25) is 0 Å². The van der Waals surface area contributed by atoms with Gasteiger partial charge in [0.05, 0.1) is 44.3 Å². The molecule has 0 fully saturated rings. The van der Waals surface area contributed by atoms with Crippen LogP contribution in [0.3, 0.4) is 0 Å². The van der Waals surface area contributed by atoms with Gasteiger partial charge in [-0.05, 0) is 44.6 Å². The number of fused-ring (bicyclic) bond motifs is 1. The molecule has 8 heteroatoms. The molecule has 2 aromatic heterocycles. The van der Waals surface area contributed by atoms with Gasteiger partial charge >= 0.3 is 0 Å². The molecule has 8 nitrogen and oxygen atoms in total. The predicted octanol–water partition coefficient (Wildman–Crippen LogP) is 6.62. The first-order valence-corrected chi connectivity index (χ1v) is 12.3. The summed E-state index contributed by atoms with van der Waals surface area (Å²) < 4.78 is 18.1. The number of ether oxygens (including phenoxy) is 3. The number of anilines is 1. The van der Waals surface area contributed by atoms with Crippen molar-refractivity contribution in [1.29, 1.82) is 0 Å². The number of allylic oxidation sites excluding steroid dienone is 4. The average molecular weight is 496 g/mol. The van der Waals surface area contributed by atoms with E-state index in [2.05, 4.69) is 26.3 Å². The van der Waals surface area contributed by atoms with Crippen molar-refractivity contribution in [2.24, 2.45) is 0 Å². The number of nitrogens with zero attached hydrogens (tertiary/aromatic N) is 4. The number of aryl methyl sites for hydroxylation is 1. The molecule has 0 saturated heterocycles. The summed E-state index contributed by atoms with van der Waals surface area (Å²) >= 11 is 0. The molecule has 196 valence electrons. The highest BCUT2D eigenvalue weighted by atomic mass is 16.5. The lowest BCUT2D eigenvalue weighted by Crippen LogP contribution is -2.09. The Morgan fingerprint density at radius 3 is 2.47 bits per heavy atom. The van der Waals surface area contributed by atoms with Gasteiger partial charge in [0.1, 0.15) is 29.9 Å². The first kappa shape index (κ1) is 30.4. The number of imidazole rings is 1. The monoisotopic (exact) mass is 495 g/mol. The van der Waals surface area contributed by atoms with Gasteiger partial charge < -0.3 is 19.5 Å². The highest BCUT2D eigenvalue weighted by molar-refractivity contribution is 5.79. The molecular weight excluding hydrogens is 454 g/mol. The van der Waals surface area contributed by atoms with Crippen LogP contribution in [0, 0.1) is 6.92 Å². The summed E-state index contributed by atoms with van der Waals surface area (Å²) in [5, 5.41) is 3.10. The van der Waals surface area contributed by atoms with Gasteiger partial charge in [0.25, 0.3) is 0 Å². The van der Waals surface area contributed by atoms with E-state index in [0.717, 1.165) is 34.8 Å². The third kappa shape index (κ3) is 9.19. The van der Waals surface area contributed by atoms with Gasteiger partial charge in [-0.25, -0.2) is 15.0 Å². The smallest absolute Gasteiger partial charge is 0.157 e. The average Bonchev–Trinajstić information content (AvgIpc) is 3.27. The maximum absolute atomic E-state index is 5.59. The van der Waals surface area contributed by atoms with Crippen LogP contribution in [0.4, 0.5) is 5.82 Å². The maximum atomic E-state index is 5.59. The van der Waals surface area contributed by atoms with Crippen molar-refractivity contribution in [3.05, 3.63) is 72.6 Å². The Bertz CT molecular complexity index is 1100. The van der Waals surface area contributed by atoms with E-state index >= 15 is 0 Å². The molecule has 0 saturated carbocycles. The summed E-state index contributed by atoms with van der Waals surface area (Å²) in [7, 11) is 3.28. The quantitative estimate of drug-likeness (QED) is 0.105. The zero-order chi connectivity index (χ0) is 26.8. The van der Waals surface area contributed by atoms with Crippen LogP contribution in [0.1, 0.15) is 46.9 Å². The van der Waals surface area contributed by atoms with Crippen molar-refractivity contribution in [1.82, 2.24) is 19.5 Å². The van der Waals surface area contributed by atoms with E-state index in [1.54, 1.807) is 26.6 Å². The molecule has 0 unspecified atom stereocenters. The number of benzene rings is 1. The SMILES string of the molecule is C/C=C\CC=C/C(=C/COCNc1cnc(-n2c(C)nc3cc(OC)ccc32)cn1)OC.CC.CC. The van der Waals surface area contributed by atoms with E-state index in [-0.39, 0.29) is 0 Å². The van der Waals surface area contributed by atoms with Crippen LogP contribution >= 0.6 is 0 Å². The number of nitrogens with one attached hydrogen (secondary N) is 1. The normalized spacial score (nSPS) is 11.2. The van der Waals surface area contributed by atoms with Gasteiger partial charge in [0.15, 0.2) is 5.82 Å². The van der Waals surface area contributed by atoms with E-state index in [4.69, 9.17) is 14.2 Å². The molecule has 2 heterocycles. The van der Waals surface area contributed by atoms with Crippen LogP contribution < -0.4 is 10.1 Å². The van der Waals surface area contributed by atoms with Crippen LogP contribution in [0.15, 0.2) is 66.7 Å². The lowest BCUT2D eigenvalue weighted by Gasteiger charge is -2.08. The Hall–Kier alpha value is -3.65. The molecule has 0 amide bonds. The zero-order valence-electron chi connectivity index (χ0n) is 22.9. The maximum Gasteiger partial charge on any atom is 0.157 e. The topological polar surface area (TPSA) is 83.3 Å². The first-order chi connectivity index (χ1) is 17.7. The van der Waals surface area contributed by atoms with Crippen LogP contribution in [0.2, 0.25) is 0 Å². The van der Waals surface area contributed by atoms with E-state index in [1.165, 1.54) is 0 Å². The number of rotatable bonds is 11. The number of aromatic nitrogens is 4. The summed E-state index contributed by atoms with van der Waals surface area (Å²) in [6, 6.07) is 5.77. The van der Waals surface area contributed by atoms with E-state index in [9.17, 15) is 0 Å². The minimum Gasteiger partial charge on any atom is -0.497 e. The van der Waals surface area contributed by atoms with Crippen LogP contribution in [-0.2, 0) is 9.47 Å². The van der Waals surface area contributed by atoms with Crippen molar-refractivity contribution < 1.29 is 14.2 Å². The van der Waals surface area contributed by atoms with Crippen LogP contribution in [0.5, 0.6) is 5.75 Å². The standard InChI is InChI=1S/C24H29N5O3.2C2H6/c1-5-6-7-8-9-19(30-3)12-13-32-17-27-23-15-26-24(16-25-23)29-18(2)28-21-14-20(31-4)10-11-22(21)29;2*1-2/h5-6,8-12,14-16H,7,13,17H2,1-4H3,(H,25,27);2*1-2H3/b6-5-,9-8?,19-12-;;. The molecule has 1 N–H and O–H groups in total. The fourth-order valence-electron chi connectivity index (χ4n) is 3.07. The highest BCUT2D eigenvalue weighted by Gasteiger charge is 2.11. The Balaban J connectivity index is 0.00000154. The summed E-state index contributed by atoms with van der Waals surface area (Å²) in [6.07, 6.45) is 14.2. The molecule has 3 rings (SSSR count). The molecule has 0 aliphatic carbocycles. The zero-order valence-corrected chi connectivity index (χ0v) is 22.9. The van der Waals surface area contributed by atoms with Crippen molar-refractivity contribution in [2.45, 2.75) is 48.0 Å². The van der Waals surface area contributed by atoms with Gasteiger partial charge in [-0.3, -0.25) is 4.57 Å². The summed E-state index contributed by atoms with van der Waals surface area (Å²) in [5.74, 6) is 3.68. The molecule has 0 atom stereocenters. The largest absolute Gasteiger partial charge is 0.497 e. The molecule has 0 aliphatic rings. The van der Waals surface area contributed by atoms with Gasteiger partial charge in [0, 0.05) is 6.07 Å². The second-order valence-corrected chi connectivity index (χ2v) is 6.82. The molecule has 0 aliphatic heterocycles. The predicted molar refractivity (Wildman–Crippen MR) is 149 cm³/mol. The lowest BCUT2D eigenvalue weighted by molar-refractivity contribution is 0.178. The van der Waals surface area contributed by atoms with E-state index < -0.39 is 0 Å². The summed E-state index contributed by atoms with van der Waals surface area (Å²) in [4.78, 5) is 13.6. The number of hydrogen-bond acceptors (Lipinski definition) is 7. The van der Waals surface area contributed by atoms with Crippen molar-refractivity contribution in [3.63, 3.8) is 0 Å². The van der Waals surface area contributed by atoms with E-state index in [0.29, 0.717) is 25.0 Å². The Kier molecular flexibility index (Phi) is 15.0. The van der Waals surface area contributed by atoms with E-state index in [1.807, 2.05) is 88.6 Å². The minimum atomic E-state index is 0.302. The third-order valence-corrected chi connectivity index (χ3v) is 4.68. The van der Waals surface area contributed by atoms with Crippen LogP contribution in [0.25, 0.3) is 16.9 Å². The Labute approximate surface area is 215 Å². The fraction of sp³-hybridized carbons (Fsp3) is 0.393. The van der Waals surface area contributed by atoms with Gasteiger partial charge in [-0.1, -0.05) is 45.9 Å². The number of methoxy groups -OCH3 is 2. The lowest BCUT2D eigenvalue weighted by atomic mass is 10.3. The Morgan fingerprint density at radius 1 is 1.06 bits per heavy atom. The number of hydrogen-bond donors (Lipinski definition) is 1. The van der Waals surface area contributed by atoms with Gasteiger partial charge in [-0.15, -0.1) is 0 Å².